The molecular weight excluding hydrogens is 154 g/mol. The molecule has 0 unspecified atom stereocenters. The predicted octanol–water partition coefficient (Wildman–Crippen LogP) is -1.21. The van der Waals surface area contributed by atoms with Crippen molar-refractivity contribution in [3.8, 4) is 0 Å². The molecule has 0 aromatic carbocycles. The van der Waals surface area contributed by atoms with Crippen LogP contribution in [0.2, 0.25) is 0 Å². The standard InChI is InChI=1S/C5H9NO3S/c7-5(8)4-3-10(9)2-1-6-4/h4,6H,1-3H2,(H,7,8)/t4-,10-/m0/s1. The van der Waals surface area contributed by atoms with Gasteiger partial charge in [0.1, 0.15) is 6.04 Å². The molecule has 2 atom stereocenters. The number of aliphatic carboxylic acids is 1. The third-order valence-electron chi connectivity index (χ3n) is 1.37. The van der Waals surface area contributed by atoms with E-state index in [1.807, 2.05) is 0 Å². The Labute approximate surface area is 61.1 Å². The molecule has 1 rings (SSSR count). The second-order valence-electron chi connectivity index (χ2n) is 2.16. The lowest BCUT2D eigenvalue weighted by molar-refractivity contribution is -0.138. The molecule has 5 heteroatoms. The van der Waals surface area contributed by atoms with Crippen LogP contribution in [0.4, 0.5) is 0 Å². The Morgan fingerprint density at radius 2 is 2.40 bits per heavy atom. The van der Waals surface area contributed by atoms with Crippen molar-refractivity contribution in [2.45, 2.75) is 6.04 Å². The molecule has 2 N–H and O–H groups in total. The monoisotopic (exact) mass is 163 g/mol. The van der Waals surface area contributed by atoms with E-state index in [9.17, 15) is 9.00 Å². The van der Waals surface area contributed by atoms with Crippen LogP contribution in [0, 0.1) is 0 Å². The van der Waals surface area contributed by atoms with Crippen LogP contribution in [0.1, 0.15) is 0 Å². The van der Waals surface area contributed by atoms with Gasteiger partial charge in [-0.3, -0.25) is 9.00 Å². The molecule has 0 aromatic heterocycles. The molecule has 4 nitrogen and oxygen atoms in total. The lowest BCUT2D eigenvalue weighted by atomic mass is 10.3. The fourth-order valence-corrected chi connectivity index (χ4v) is 1.98. The van der Waals surface area contributed by atoms with Gasteiger partial charge in [0.05, 0.1) is 0 Å². The fourth-order valence-electron chi connectivity index (χ4n) is 0.834. The zero-order chi connectivity index (χ0) is 7.56. The summed E-state index contributed by atoms with van der Waals surface area (Å²) in [4.78, 5) is 10.3. The number of hydrogen-bond acceptors (Lipinski definition) is 3. The van der Waals surface area contributed by atoms with E-state index in [1.165, 1.54) is 0 Å². The van der Waals surface area contributed by atoms with Gasteiger partial charge in [-0.15, -0.1) is 0 Å². The average molecular weight is 163 g/mol. The van der Waals surface area contributed by atoms with Gasteiger partial charge in [0.2, 0.25) is 0 Å². The average Bonchev–Trinajstić information content (AvgIpc) is 1.88. The quantitative estimate of drug-likeness (QED) is 0.509. The van der Waals surface area contributed by atoms with Crippen LogP contribution in [-0.4, -0.2) is 39.4 Å². The highest BCUT2D eigenvalue weighted by atomic mass is 32.2. The molecule has 1 fully saturated rings. The summed E-state index contributed by atoms with van der Waals surface area (Å²) in [5, 5.41) is 11.2. The lowest BCUT2D eigenvalue weighted by Gasteiger charge is -2.18. The SMILES string of the molecule is O=C(O)[C@@H]1C[S@@](=O)CCN1. The first-order valence-electron chi connectivity index (χ1n) is 3.01. The van der Waals surface area contributed by atoms with Gasteiger partial charge >= 0.3 is 5.97 Å². The van der Waals surface area contributed by atoms with E-state index in [2.05, 4.69) is 5.32 Å². The summed E-state index contributed by atoms with van der Waals surface area (Å²) in [6.45, 7) is 0.545. The highest BCUT2D eigenvalue weighted by molar-refractivity contribution is 7.85. The van der Waals surface area contributed by atoms with E-state index in [0.717, 1.165) is 0 Å². The Balaban J connectivity index is 2.47. The van der Waals surface area contributed by atoms with Gasteiger partial charge in [-0.2, -0.15) is 0 Å². The molecule has 58 valence electrons. The van der Waals surface area contributed by atoms with E-state index >= 15 is 0 Å². The summed E-state index contributed by atoms with van der Waals surface area (Å²) >= 11 is 0. The van der Waals surface area contributed by atoms with Gasteiger partial charge in [-0.1, -0.05) is 0 Å². The number of carboxylic acids is 1. The Morgan fingerprint density at radius 1 is 1.70 bits per heavy atom. The molecular formula is C5H9NO3S. The molecule has 0 aromatic rings. The fraction of sp³-hybridized carbons (Fsp3) is 0.800. The minimum Gasteiger partial charge on any atom is -0.480 e. The summed E-state index contributed by atoms with van der Waals surface area (Å²) in [5.74, 6) is -0.0906. The number of nitrogens with one attached hydrogen (secondary N) is 1. The normalized spacial score (nSPS) is 33.6. The molecule has 0 amide bonds. The molecule has 0 bridgehead atoms. The highest BCUT2D eigenvalue weighted by Crippen LogP contribution is 1.95. The maximum Gasteiger partial charge on any atom is 0.321 e. The largest absolute Gasteiger partial charge is 0.480 e. The first-order chi connectivity index (χ1) is 4.70. The highest BCUT2D eigenvalue weighted by Gasteiger charge is 2.23. The van der Waals surface area contributed by atoms with Crippen LogP contribution in [0.3, 0.4) is 0 Å². The van der Waals surface area contributed by atoms with Crippen LogP contribution in [0.15, 0.2) is 0 Å². The molecule has 0 aliphatic carbocycles. The summed E-state index contributed by atoms with van der Waals surface area (Å²) < 4.78 is 10.8. The predicted molar refractivity (Wildman–Crippen MR) is 37.3 cm³/mol. The van der Waals surface area contributed by atoms with Gasteiger partial charge in [0.15, 0.2) is 0 Å². The third kappa shape index (κ3) is 1.78. The zero-order valence-corrected chi connectivity index (χ0v) is 6.19. The van der Waals surface area contributed by atoms with Crippen molar-refractivity contribution in [2.75, 3.05) is 18.1 Å². The molecule has 0 spiro atoms. The topological polar surface area (TPSA) is 66.4 Å². The molecule has 1 saturated heterocycles. The summed E-state index contributed by atoms with van der Waals surface area (Å²) in [6, 6.07) is -0.602. The molecule has 0 radical (unpaired) electrons. The molecule has 1 aliphatic rings. The van der Waals surface area contributed by atoms with Crippen molar-refractivity contribution < 1.29 is 14.1 Å². The number of carbonyl (C=O) groups is 1. The van der Waals surface area contributed by atoms with Crippen LogP contribution < -0.4 is 5.32 Å². The minimum absolute atomic E-state index is 0.245. The Morgan fingerprint density at radius 3 is 2.80 bits per heavy atom. The second-order valence-corrected chi connectivity index (χ2v) is 3.78. The number of hydrogen-bond donors (Lipinski definition) is 2. The van der Waals surface area contributed by atoms with Gasteiger partial charge in [0.25, 0.3) is 0 Å². The first kappa shape index (κ1) is 7.68. The van der Waals surface area contributed by atoms with Crippen LogP contribution in [-0.2, 0) is 15.6 Å². The van der Waals surface area contributed by atoms with Crippen molar-refractivity contribution in [3.63, 3.8) is 0 Å². The maximum absolute atomic E-state index is 10.8. The van der Waals surface area contributed by atoms with Crippen molar-refractivity contribution in [1.29, 1.82) is 0 Å². The molecule has 1 aliphatic heterocycles. The smallest absolute Gasteiger partial charge is 0.321 e. The summed E-state index contributed by atoms with van der Waals surface area (Å²) in [6.07, 6.45) is 0. The van der Waals surface area contributed by atoms with Crippen molar-refractivity contribution >= 4 is 16.8 Å². The minimum atomic E-state index is -0.934. The lowest BCUT2D eigenvalue weighted by Crippen LogP contribution is -2.47. The van der Waals surface area contributed by atoms with Gasteiger partial charge in [0, 0.05) is 28.9 Å². The van der Waals surface area contributed by atoms with Crippen LogP contribution in [0.5, 0.6) is 0 Å². The van der Waals surface area contributed by atoms with E-state index in [-0.39, 0.29) is 5.75 Å². The van der Waals surface area contributed by atoms with Crippen LogP contribution >= 0.6 is 0 Å². The van der Waals surface area contributed by atoms with Crippen LogP contribution in [0.25, 0.3) is 0 Å². The third-order valence-corrected chi connectivity index (χ3v) is 2.74. The van der Waals surface area contributed by atoms with Gasteiger partial charge in [-0.25, -0.2) is 0 Å². The molecule has 0 saturated carbocycles. The Kier molecular flexibility index (Phi) is 2.39. The van der Waals surface area contributed by atoms with E-state index in [0.29, 0.717) is 12.3 Å². The summed E-state index contributed by atoms with van der Waals surface area (Å²) in [7, 11) is -0.934. The van der Waals surface area contributed by atoms with Crippen molar-refractivity contribution in [3.05, 3.63) is 0 Å². The second kappa shape index (κ2) is 3.12. The maximum atomic E-state index is 10.8. The van der Waals surface area contributed by atoms with E-state index in [1.54, 1.807) is 0 Å². The van der Waals surface area contributed by atoms with E-state index < -0.39 is 22.8 Å². The summed E-state index contributed by atoms with van der Waals surface area (Å²) in [5.41, 5.74) is 0. The van der Waals surface area contributed by atoms with Gasteiger partial charge < -0.3 is 10.4 Å². The van der Waals surface area contributed by atoms with Crippen molar-refractivity contribution in [2.24, 2.45) is 0 Å². The number of rotatable bonds is 1. The van der Waals surface area contributed by atoms with Gasteiger partial charge in [-0.05, 0) is 0 Å². The first-order valence-corrected chi connectivity index (χ1v) is 4.50. The molecule has 1 heterocycles. The Bertz CT molecular complexity index is 168. The van der Waals surface area contributed by atoms with E-state index in [4.69, 9.17) is 5.11 Å². The zero-order valence-electron chi connectivity index (χ0n) is 5.37. The number of carboxylic acid groups (broad SMARTS) is 1. The van der Waals surface area contributed by atoms with Crippen molar-refractivity contribution in [1.82, 2.24) is 5.32 Å². The molecule has 10 heavy (non-hydrogen) atoms. The Hall–Kier alpha value is -0.420.